The van der Waals surface area contributed by atoms with Crippen LogP contribution in [0.4, 0.5) is 14.6 Å². The van der Waals surface area contributed by atoms with Gasteiger partial charge in [-0.3, -0.25) is 4.90 Å². The number of hydrogen-bond donors (Lipinski definition) is 2. The number of fused-ring (bicyclic) bond motifs is 4. The van der Waals surface area contributed by atoms with Gasteiger partial charge in [0.15, 0.2) is 5.82 Å². The van der Waals surface area contributed by atoms with Gasteiger partial charge in [-0.1, -0.05) is 12.0 Å². The van der Waals surface area contributed by atoms with Gasteiger partial charge in [0.05, 0.1) is 5.39 Å². The fourth-order valence-corrected chi connectivity index (χ4v) is 7.18. The Hall–Kier alpha value is -4.07. The highest BCUT2D eigenvalue weighted by Crippen LogP contribution is 2.39. The van der Waals surface area contributed by atoms with Crippen LogP contribution < -0.4 is 15.0 Å². The molecule has 2 aromatic carbocycles. The smallest absolute Gasteiger partial charge is 0.319 e. The normalized spacial score (nSPS) is 21.8. The summed E-state index contributed by atoms with van der Waals surface area (Å²) in [7, 11) is 0. The van der Waals surface area contributed by atoms with E-state index in [4.69, 9.17) is 14.7 Å². The molecule has 2 bridgehead atoms. The van der Waals surface area contributed by atoms with Gasteiger partial charge in [-0.2, -0.15) is 9.97 Å². The Labute approximate surface area is 255 Å². The molecule has 228 valence electrons. The quantitative estimate of drug-likeness (QED) is 0.286. The summed E-state index contributed by atoms with van der Waals surface area (Å²) < 4.78 is 37.5. The highest BCUT2D eigenvalue weighted by atomic mass is 19.1. The Kier molecular flexibility index (Phi) is 7.47. The molecule has 0 unspecified atom stereocenters. The first-order chi connectivity index (χ1) is 21.3. The second kappa shape index (κ2) is 11.5. The van der Waals surface area contributed by atoms with Crippen LogP contribution in [0.1, 0.15) is 52.1 Å². The van der Waals surface area contributed by atoms with Crippen LogP contribution in [-0.2, 0) is 0 Å². The first-order valence-corrected chi connectivity index (χ1v) is 15.4. The summed E-state index contributed by atoms with van der Waals surface area (Å²) in [6.07, 6.45) is 4.25. The van der Waals surface area contributed by atoms with E-state index in [0.29, 0.717) is 65.5 Å². The third kappa shape index (κ3) is 5.18. The number of piperazine rings is 1. The molecule has 0 radical (unpaired) electrons. The molecule has 3 saturated heterocycles. The summed E-state index contributed by atoms with van der Waals surface area (Å²) in [6.45, 7) is 8.89. The average Bonchev–Trinajstić information content (AvgIpc) is 3.62. The van der Waals surface area contributed by atoms with Crippen LogP contribution in [0.5, 0.6) is 11.8 Å². The molecule has 3 fully saturated rings. The number of phenolic OH excluding ortho intramolecular Hbond substituents is 1. The number of aromatic hydroxyl groups is 1. The van der Waals surface area contributed by atoms with E-state index < -0.39 is 11.6 Å². The number of likely N-dealkylation sites (tertiary alicyclic amines) is 1. The lowest BCUT2D eigenvalue weighted by molar-refractivity contribution is 0.138. The van der Waals surface area contributed by atoms with Crippen LogP contribution >= 0.6 is 0 Å². The first kappa shape index (κ1) is 28.7. The van der Waals surface area contributed by atoms with Crippen molar-refractivity contribution in [2.75, 3.05) is 31.1 Å². The second-order valence-electron chi connectivity index (χ2n) is 12.4. The highest BCUT2D eigenvalue weighted by Gasteiger charge is 2.35. The maximum absolute atomic E-state index is 16.9. The maximum atomic E-state index is 16.9. The molecule has 5 heterocycles. The highest BCUT2D eigenvalue weighted by molar-refractivity contribution is 6.01. The van der Waals surface area contributed by atoms with Gasteiger partial charge < -0.3 is 20.1 Å². The average molecular weight is 599 g/mol. The number of phenols is 1. The Morgan fingerprint density at radius 2 is 1.86 bits per heavy atom. The summed E-state index contributed by atoms with van der Waals surface area (Å²) in [5, 5.41) is 15.6. The Morgan fingerprint density at radius 1 is 1.07 bits per heavy atom. The topological polar surface area (TPSA) is 86.6 Å². The Bertz CT molecular complexity index is 1810. The molecule has 44 heavy (non-hydrogen) atoms. The SMILES string of the molecule is CC#Cc1nc(-c2cc(O)cc3ccc(F)cc23)c(F)c2nc(OC[C@@H]3CCCN3C(C)C)nc(N3C[C@H]4CC[C@@H](C3)N4)c12. The van der Waals surface area contributed by atoms with Gasteiger partial charge in [0.2, 0.25) is 0 Å². The minimum Gasteiger partial charge on any atom is -0.508 e. The molecule has 3 aliphatic rings. The van der Waals surface area contributed by atoms with Crippen molar-refractivity contribution in [3.05, 3.63) is 47.7 Å². The summed E-state index contributed by atoms with van der Waals surface area (Å²) in [6, 6.07) is 8.42. The molecule has 3 atom stereocenters. The zero-order valence-corrected chi connectivity index (χ0v) is 25.2. The number of pyridine rings is 1. The number of hydrogen-bond acceptors (Lipinski definition) is 8. The predicted molar refractivity (Wildman–Crippen MR) is 167 cm³/mol. The number of ether oxygens (including phenoxy) is 1. The van der Waals surface area contributed by atoms with E-state index in [-0.39, 0.29) is 34.6 Å². The monoisotopic (exact) mass is 598 g/mol. The lowest BCUT2D eigenvalue weighted by Crippen LogP contribution is -2.51. The molecule has 0 amide bonds. The first-order valence-electron chi connectivity index (χ1n) is 15.4. The van der Waals surface area contributed by atoms with Gasteiger partial charge in [-0.05, 0) is 94.0 Å². The van der Waals surface area contributed by atoms with Crippen LogP contribution in [0.15, 0.2) is 30.3 Å². The molecule has 4 aromatic rings. The van der Waals surface area contributed by atoms with E-state index in [1.807, 2.05) is 0 Å². The number of nitrogens with zero attached hydrogens (tertiary/aromatic N) is 5. The summed E-state index contributed by atoms with van der Waals surface area (Å²) >= 11 is 0. The molecule has 8 nitrogen and oxygen atoms in total. The van der Waals surface area contributed by atoms with Crippen LogP contribution in [0.3, 0.4) is 0 Å². The minimum absolute atomic E-state index is 0.0404. The molecule has 3 aliphatic heterocycles. The van der Waals surface area contributed by atoms with E-state index in [1.54, 1.807) is 13.0 Å². The van der Waals surface area contributed by atoms with Gasteiger partial charge in [-0.25, -0.2) is 13.8 Å². The number of aromatic nitrogens is 3. The molecule has 0 spiro atoms. The zero-order chi connectivity index (χ0) is 30.5. The fraction of sp³-hybridized carbons (Fsp3) is 0.441. The molecule has 7 rings (SSSR count). The molecule has 2 N–H and O–H groups in total. The maximum Gasteiger partial charge on any atom is 0.319 e. The lowest BCUT2D eigenvalue weighted by atomic mass is 9.99. The van der Waals surface area contributed by atoms with E-state index in [1.165, 1.54) is 24.3 Å². The van der Waals surface area contributed by atoms with E-state index in [9.17, 15) is 9.50 Å². The van der Waals surface area contributed by atoms with Crippen molar-refractivity contribution in [2.24, 2.45) is 0 Å². The molecule has 2 aromatic heterocycles. The number of halogens is 2. The predicted octanol–water partition coefficient (Wildman–Crippen LogP) is 5.39. The van der Waals surface area contributed by atoms with Crippen LogP contribution in [0.2, 0.25) is 0 Å². The van der Waals surface area contributed by atoms with Gasteiger partial charge in [0, 0.05) is 42.8 Å². The largest absolute Gasteiger partial charge is 0.508 e. The molecule has 10 heteroatoms. The van der Waals surface area contributed by atoms with Gasteiger partial charge in [0.1, 0.15) is 40.9 Å². The van der Waals surface area contributed by atoms with Crippen molar-refractivity contribution in [1.82, 2.24) is 25.2 Å². The fourth-order valence-electron chi connectivity index (χ4n) is 7.18. The van der Waals surface area contributed by atoms with E-state index >= 15 is 4.39 Å². The van der Waals surface area contributed by atoms with Crippen molar-refractivity contribution in [1.29, 1.82) is 0 Å². The van der Waals surface area contributed by atoms with Crippen LogP contribution in [0, 0.1) is 23.5 Å². The van der Waals surface area contributed by atoms with E-state index in [0.717, 1.165) is 32.2 Å². The summed E-state index contributed by atoms with van der Waals surface area (Å²) in [5.74, 6) is 5.27. The Balaban J connectivity index is 1.42. The molecular formula is C34H36F2N6O2. The van der Waals surface area contributed by atoms with Crippen molar-refractivity contribution >= 4 is 27.5 Å². The molecule has 0 aliphatic carbocycles. The summed E-state index contributed by atoms with van der Waals surface area (Å²) in [5.41, 5.74) is 0.540. The van der Waals surface area contributed by atoms with Crippen molar-refractivity contribution in [3.63, 3.8) is 0 Å². The van der Waals surface area contributed by atoms with Crippen LogP contribution in [-0.4, -0.2) is 75.4 Å². The van der Waals surface area contributed by atoms with E-state index in [2.05, 4.69) is 45.8 Å². The number of benzene rings is 2. The number of anilines is 1. The molecular weight excluding hydrogens is 562 g/mol. The van der Waals surface area contributed by atoms with Crippen molar-refractivity contribution in [2.45, 2.75) is 70.6 Å². The standard InChI is InChI=1S/C34H36F2N6O2/c1-4-6-28-29-32(30(36)31(38-28)27-15-25(43)13-20-8-9-21(35)14-26(20)27)39-34(44-18-24-7-5-12-42(24)19(2)3)40-33(29)41-16-22-10-11-23(17-41)37-22/h8-9,13-15,19,22-24,37,43H,5,7,10-12,16-18H2,1-3H3/t22-,23+,24-/m0/s1. The van der Waals surface area contributed by atoms with Gasteiger partial charge in [0.25, 0.3) is 0 Å². The number of rotatable bonds is 6. The van der Waals surface area contributed by atoms with Gasteiger partial charge >= 0.3 is 6.01 Å². The van der Waals surface area contributed by atoms with Crippen molar-refractivity contribution < 1.29 is 18.6 Å². The third-order valence-corrected chi connectivity index (χ3v) is 9.15. The number of nitrogens with one attached hydrogen (secondary N) is 1. The zero-order valence-electron chi connectivity index (χ0n) is 25.2. The lowest BCUT2D eigenvalue weighted by Gasteiger charge is -2.34. The van der Waals surface area contributed by atoms with Gasteiger partial charge in [-0.15, -0.1) is 0 Å². The minimum atomic E-state index is -0.700. The molecule has 0 saturated carbocycles. The summed E-state index contributed by atoms with van der Waals surface area (Å²) in [4.78, 5) is 18.8. The third-order valence-electron chi connectivity index (χ3n) is 9.15. The van der Waals surface area contributed by atoms with Crippen LogP contribution in [0.25, 0.3) is 32.9 Å². The Morgan fingerprint density at radius 3 is 2.61 bits per heavy atom. The second-order valence-corrected chi connectivity index (χ2v) is 12.4. The van der Waals surface area contributed by atoms with Crippen molar-refractivity contribution in [3.8, 4) is 34.9 Å².